The average molecular weight is 277 g/mol. The van der Waals surface area contributed by atoms with E-state index in [-0.39, 0.29) is 6.10 Å². The maximum absolute atomic E-state index is 5.82. The van der Waals surface area contributed by atoms with Crippen LogP contribution in [0.5, 0.6) is 5.75 Å². The fraction of sp³-hybridized carbons (Fsp3) is 0.667. The van der Waals surface area contributed by atoms with Gasteiger partial charge in [0.05, 0.1) is 24.2 Å². The first-order chi connectivity index (χ1) is 9.92. The minimum atomic E-state index is 0.251. The topological polar surface area (TPSA) is 46.6 Å². The van der Waals surface area contributed by atoms with Gasteiger partial charge in [0, 0.05) is 32.3 Å². The summed E-state index contributed by atoms with van der Waals surface area (Å²) in [5.74, 6) is 0.843. The average Bonchev–Trinajstić information content (AvgIpc) is 2.86. The van der Waals surface area contributed by atoms with Crippen molar-refractivity contribution in [1.29, 1.82) is 0 Å². The van der Waals surface area contributed by atoms with Gasteiger partial charge in [-0.15, -0.1) is 0 Å². The number of ether oxygens (including phenoxy) is 2. The molecule has 0 bridgehead atoms. The summed E-state index contributed by atoms with van der Waals surface area (Å²) in [7, 11) is 0. The standard InChI is InChI=1S/C15H23N3O2/c1-3-14(19-8-1)12-20-15-9-13(10-17-11-15)18-6-2-4-16-5-7-18/h9-11,14,16H,1-8,12H2. The van der Waals surface area contributed by atoms with Crippen LogP contribution in [-0.2, 0) is 4.74 Å². The number of nitrogens with one attached hydrogen (secondary N) is 1. The summed E-state index contributed by atoms with van der Waals surface area (Å²) in [6.07, 6.45) is 7.37. The van der Waals surface area contributed by atoms with Gasteiger partial charge in [0.2, 0.25) is 0 Å². The van der Waals surface area contributed by atoms with E-state index in [0.29, 0.717) is 6.61 Å². The third kappa shape index (κ3) is 3.61. The number of hydrogen-bond donors (Lipinski definition) is 1. The number of anilines is 1. The molecule has 20 heavy (non-hydrogen) atoms. The van der Waals surface area contributed by atoms with Crippen LogP contribution in [0.1, 0.15) is 19.3 Å². The highest BCUT2D eigenvalue weighted by Gasteiger charge is 2.16. The van der Waals surface area contributed by atoms with Crippen LogP contribution in [0.2, 0.25) is 0 Å². The molecule has 0 spiro atoms. The van der Waals surface area contributed by atoms with Gasteiger partial charge >= 0.3 is 0 Å². The quantitative estimate of drug-likeness (QED) is 0.902. The van der Waals surface area contributed by atoms with Crippen LogP contribution in [0.3, 0.4) is 0 Å². The van der Waals surface area contributed by atoms with Gasteiger partial charge in [-0.1, -0.05) is 0 Å². The molecule has 5 nitrogen and oxygen atoms in total. The molecule has 110 valence electrons. The third-order valence-corrected chi connectivity index (χ3v) is 3.86. The number of pyridine rings is 1. The Hall–Kier alpha value is -1.33. The molecule has 1 unspecified atom stereocenters. The van der Waals surface area contributed by atoms with Crippen molar-refractivity contribution >= 4 is 5.69 Å². The summed E-state index contributed by atoms with van der Waals surface area (Å²) >= 11 is 0. The largest absolute Gasteiger partial charge is 0.489 e. The van der Waals surface area contributed by atoms with E-state index in [0.717, 1.165) is 57.1 Å². The Balaban J connectivity index is 1.59. The Morgan fingerprint density at radius 3 is 3.20 bits per heavy atom. The Bertz CT molecular complexity index is 413. The smallest absolute Gasteiger partial charge is 0.139 e. The van der Waals surface area contributed by atoms with Crippen molar-refractivity contribution in [2.45, 2.75) is 25.4 Å². The van der Waals surface area contributed by atoms with E-state index in [4.69, 9.17) is 9.47 Å². The van der Waals surface area contributed by atoms with E-state index >= 15 is 0 Å². The molecule has 0 amide bonds. The van der Waals surface area contributed by atoms with E-state index in [9.17, 15) is 0 Å². The van der Waals surface area contributed by atoms with Crippen LogP contribution in [0, 0.1) is 0 Å². The SMILES string of the molecule is c1ncc(N2CCCNCC2)cc1OCC1CCCO1. The van der Waals surface area contributed by atoms with Crippen LogP contribution in [0.25, 0.3) is 0 Å². The molecular weight excluding hydrogens is 254 g/mol. The van der Waals surface area contributed by atoms with Crippen LogP contribution < -0.4 is 15.0 Å². The molecule has 2 aliphatic rings. The second-order valence-electron chi connectivity index (χ2n) is 5.42. The first-order valence-electron chi connectivity index (χ1n) is 7.57. The normalized spacial score (nSPS) is 23.6. The lowest BCUT2D eigenvalue weighted by atomic mass is 10.2. The Morgan fingerprint density at radius 1 is 1.30 bits per heavy atom. The molecule has 0 aromatic carbocycles. The van der Waals surface area contributed by atoms with Crippen molar-refractivity contribution in [3.8, 4) is 5.75 Å². The predicted molar refractivity (Wildman–Crippen MR) is 78.4 cm³/mol. The van der Waals surface area contributed by atoms with Gasteiger partial charge in [-0.05, 0) is 25.8 Å². The number of hydrogen-bond acceptors (Lipinski definition) is 5. The summed E-state index contributed by atoms with van der Waals surface area (Å²) in [5, 5.41) is 3.41. The zero-order chi connectivity index (χ0) is 13.6. The van der Waals surface area contributed by atoms with E-state index in [1.807, 2.05) is 6.20 Å². The molecule has 1 aromatic heterocycles. The van der Waals surface area contributed by atoms with Crippen molar-refractivity contribution in [3.05, 3.63) is 18.5 Å². The maximum Gasteiger partial charge on any atom is 0.139 e. The Labute approximate surface area is 120 Å². The summed E-state index contributed by atoms with van der Waals surface area (Å²) in [6.45, 7) is 5.72. The molecular formula is C15H23N3O2. The third-order valence-electron chi connectivity index (χ3n) is 3.86. The van der Waals surface area contributed by atoms with Gasteiger partial charge in [-0.3, -0.25) is 4.98 Å². The van der Waals surface area contributed by atoms with Gasteiger partial charge in [-0.25, -0.2) is 0 Å². The molecule has 2 saturated heterocycles. The van der Waals surface area contributed by atoms with E-state index < -0.39 is 0 Å². The van der Waals surface area contributed by atoms with Crippen LogP contribution >= 0.6 is 0 Å². The highest BCUT2D eigenvalue weighted by atomic mass is 16.5. The zero-order valence-corrected chi connectivity index (χ0v) is 11.9. The number of nitrogens with zero attached hydrogens (tertiary/aromatic N) is 2. The van der Waals surface area contributed by atoms with Crippen molar-refractivity contribution in [3.63, 3.8) is 0 Å². The van der Waals surface area contributed by atoms with E-state index in [2.05, 4.69) is 21.3 Å². The molecule has 3 rings (SSSR count). The van der Waals surface area contributed by atoms with E-state index in [1.54, 1.807) is 6.20 Å². The lowest BCUT2D eigenvalue weighted by molar-refractivity contribution is 0.0678. The van der Waals surface area contributed by atoms with Crippen molar-refractivity contribution in [2.24, 2.45) is 0 Å². The lowest BCUT2D eigenvalue weighted by Crippen LogP contribution is -2.27. The first-order valence-corrected chi connectivity index (χ1v) is 7.57. The number of aromatic nitrogens is 1. The van der Waals surface area contributed by atoms with Crippen molar-refractivity contribution < 1.29 is 9.47 Å². The Morgan fingerprint density at radius 2 is 2.30 bits per heavy atom. The zero-order valence-electron chi connectivity index (χ0n) is 11.9. The molecule has 0 aliphatic carbocycles. The second kappa shape index (κ2) is 6.90. The van der Waals surface area contributed by atoms with Crippen LogP contribution in [0.4, 0.5) is 5.69 Å². The second-order valence-corrected chi connectivity index (χ2v) is 5.42. The molecule has 1 atom stereocenters. The van der Waals surface area contributed by atoms with Crippen molar-refractivity contribution in [2.75, 3.05) is 44.3 Å². The van der Waals surface area contributed by atoms with Gasteiger partial charge in [0.15, 0.2) is 0 Å². The molecule has 2 fully saturated rings. The molecule has 1 N–H and O–H groups in total. The summed E-state index contributed by atoms with van der Waals surface area (Å²) in [6, 6.07) is 2.09. The summed E-state index contributed by atoms with van der Waals surface area (Å²) < 4.78 is 11.4. The van der Waals surface area contributed by atoms with Gasteiger partial charge < -0.3 is 19.7 Å². The fourth-order valence-electron chi connectivity index (χ4n) is 2.73. The fourth-order valence-corrected chi connectivity index (χ4v) is 2.73. The number of rotatable bonds is 4. The molecule has 0 saturated carbocycles. The maximum atomic E-state index is 5.82. The van der Waals surface area contributed by atoms with Gasteiger partial charge in [0.1, 0.15) is 12.4 Å². The molecule has 1 aromatic rings. The summed E-state index contributed by atoms with van der Waals surface area (Å²) in [5.41, 5.74) is 1.15. The highest BCUT2D eigenvalue weighted by Crippen LogP contribution is 2.21. The van der Waals surface area contributed by atoms with Crippen LogP contribution in [0.15, 0.2) is 18.5 Å². The molecule has 2 aliphatic heterocycles. The van der Waals surface area contributed by atoms with Crippen molar-refractivity contribution in [1.82, 2.24) is 10.3 Å². The van der Waals surface area contributed by atoms with Gasteiger partial charge in [-0.2, -0.15) is 0 Å². The van der Waals surface area contributed by atoms with E-state index in [1.165, 1.54) is 6.42 Å². The lowest BCUT2D eigenvalue weighted by Gasteiger charge is -2.22. The first kappa shape index (κ1) is 13.6. The Kier molecular flexibility index (Phi) is 4.71. The molecule has 3 heterocycles. The minimum Gasteiger partial charge on any atom is -0.489 e. The molecule has 0 radical (unpaired) electrons. The summed E-state index contributed by atoms with van der Waals surface area (Å²) in [4.78, 5) is 6.67. The predicted octanol–water partition coefficient (Wildman–Crippen LogP) is 1.44. The monoisotopic (exact) mass is 277 g/mol. The molecule has 5 heteroatoms. The van der Waals surface area contributed by atoms with Crippen LogP contribution in [-0.4, -0.2) is 50.5 Å². The minimum absolute atomic E-state index is 0.251. The highest BCUT2D eigenvalue weighted by molar-refractivity contribution is 5.48. The van der Waals surface area contributed by atoms with Gasteiger partial charge in [0.25, 0.3) is 0 Å².